The van der Waals surface area contributed by atoms with Crippen LogP contribution in [0.2, 0.25) is 0 Å². The highest BCUT2D eigenvalue weighted by molar-refractivity contribution is 5.83. The van der Waals surface area contributed by atoms with Gasteiger partial charge in [0.25, 0.3) is 0 Å². The molecule has 1 spiro atoms. The number of hydrogen-bond acceptors (Lipinski definition) is 5. The van der Waals surface area contributed by atoms with Gasteiger partial charge in [-0.15, -0.1) is 0 Å². The quantitative estimate of drug-likeness (QED) is 0.809. The molecule has 3 rings (SSSR count). The molecular formula is C16H21F3N4O2. The van der Waals surface area contributed by atoms with Crippen LogP contribution >= 0.6 is 0 Å². The van der Waals surface area contributed by atoms with Gasteiger partial charge in [-0.2, -0.15) is 13.2 Å². The van der Waals surface area contributed by atoms with Gasteiger partial charge in [-0.1, -0.05) is 0 Å². The lowest BCUT2D eigenvalue weighted by Gasteiger charge is -2.47. The summed E-state index contributed by atoms with van der Waals surface area (Å²) in [6, 6.07) is 0.963. The van der Waals surface area contributed by atoms with Crippen molar-refractivity contribution in [1.29, 1.82) is 0 Å². The molecule has 0 aromatic carbocycles. The molecule has 0 radical (unpaired) electrons. The minimum atomic E-state index is -4.50. The Balaban J connectivity index is 1.74. The number of amides is 1. The Morgan fingerprint density at radius 2 is 1.96 bits per heavy atom. The lowest BCUT2D eigenvalue weighted by atomic mass is 9.71. The summed E-state index contributed by atoms with van der Waals surface area (Å²) in [6.07, 6.45) is -1.78. The topological polar surface area (TPSA) is 58.6 Å². The van der Waals surface area contributed by atoms with Crippen LogP contribution in [0.4, 0.5) is 19.0 Å². The molecule has 1 atom stereocenters. The Bertz CT molecular complexity index is 645. The summed E-state index contributed by atoms with van der Waals surface area (Å²) < 4.78 is 43.9. The highest BCUT2D eigenvalue weighted by Gasteiger charge is 2.48. The molecule has 6 nitrogen and oxygen atoms in total. The molecule has 2 aliphatic rings. The van der Waals surface area contributed by atoms with Gasteiger partial charge in [0, 0.05) is 39.9 Å². The van der Waals surface area contributed by atoms with Crippen LogP contribution in [-0.2, 0) is 15.7 Å². The van der Waals surface area contributed by atoms with Crippen LogP contribution in [0.5, 0.6) is 0 Å². The number of halogens is 3. The van der Waals surface area contributed by atoms with Gasteiger partial charge in [-0.05, 0) is 19.3 Å². The van der Waals surface area contributed by atoms with Crippen molar-refractivity contribution >= 4 is 11.7 Å². The number of nitrogens with zero attached hydrogens (tertiary/aromatic N) is 4. The van der Waals surface area contributed by atoms with Crippen molar-refractivity contribution in [1.82, 2.24) is 14.9 Å². The maximum absolute atomic E-state index is 12.8. The third-order valence-corrected chi connectivity index (χ3v) is 5.22. The molecule has 25 heavy (non-hydrogen) atoms. The molecule has 1 unspecified atom stereocenters. The number of carbonyl (C=O) groups is 1. The zero-order chi connectivity index (χ0) is 18.2. The van der Waals surface area contributed by atoms with Crippen molar-refractivity contribution in [3.05, 3.63) is 18.1 Å². The number of rotatable bonds is 2. The average Bonchev–Trinajstić information content (AvgIpc) is 2.59. The van der Waals surface area contributed by atoms with Crippen LogP contribution in [0.25, 0.3) is 0 Å². The molecule has 1 aromatic heterocycles. The van der Waals surface area contributed by atoms with Gasteiger partial charge in [0.2, 0.25) is 5.91 Å². The molecule has 1 amide bonds. The van der Waals surface area contributed by atoms with E-state index in [1.165, 1.54) is 0 Å². The third kappa shape index (κ3) is 3.42. The number of hydrogen-bond donors (Lipinski definition) is 0. The van der Waals surface area contributed by atoms with Gasteiger partial charge >= 0.3 is 6.18 Å². The predicted octanol–water partition coefficient (Wildman–Crippen LogP) is 1.96. The maximum atomic E-state index is 12.8. The first kappa shape index (κ1) is 17.9. The van der Waals surface area contributed by atoms with Crippen LogP contribution in [0.15, 0.2) is 12.4 Å². The van der Waals surface area contributed by atoms with Gasteiger partial charge in [-0.25, -0.2) is 9.97 Å². The predicted molar refractivity (Wildman–Crippen MR) is 84.0 cm³/mol. The summed E-state index contributed by atoms with van der Waals surface area (Å²) in [5, 5.41) is 0. The van der Waals surface area contributed by atoms with E-state index >= 15 is 0 Å². The summed E-state index contributed by atoms with van der Waals surface area (Å²) in [5.41, 5.74) is -1.45. The number of piperidine rings is 2. The third-order valence-electron chi connectivity index (χ3n) is 5.22. The molecule has 2 saturated heterocycles. The largest absolute Gasteiger partial charge is 0.433 e. The molecule has 0 N–H and O–H groups in total. The van der Waals surface area contributed by atoms with E-state index in [4.69, 9.17) is 4.74 Å². The number of likely N-dealkylation sites (N-methyl/N-ethyl adjacent to an activating group) is 1. The SMILES string of the molecule is COC1CN(C)C(=O)C2(CCN(c3cc(C(F)(F)F)ncn3)CC2)C1. The lowest BCUT2D eigenvalue weighted by Crippen LogP contribution is -2.56. The first-order chi connectivity index (χ1) is 11.7. The molecule has 2 aliphatic heterocycles. The fraction of sp³-hybridized carbons (Fsp3) is 0.688. The Labute approximate surface area is 144 Å². The molecule has 0 bridgehead atoms. The summed E-state index contributed by atoms with van der Waals surface area (Å²) >= 11 is 0. The number of alkyl halides is 3. The van der Waals surface area contributed by atoms with Crippen molar-refractivity contribution < 1.29 is 22.7 Å². The number of anilines is 1. The lowest BCUT2D eigenvalue weighted by molar-refractivity contribution is -0.153. The summed E-state index contributed by atoms with van der Waals surface area (Å²) in [7, 11) is 3.40. The van der Waals surface area contributed by atoms with Crippen LogP contribution in [0.1, 0.15) is 25.0 Å². The Kier molecular flexibility index (Phi) is 4.61. The van der Waals surface area contributed by atoms with Gasteiger partial charge in [-0.3, -0.25) is 4.79 Å². The van der Waals surface area contributed by atoms with Crippen molar-refractivity contribution in [2.75, 3.05) is 38.7 Å². The Hall–Kier alpha value is -1.90. The number of likely N-dealkylation sites (tertiary alicyclic amines) is 1. The number of aromatic nitrogens is 2. The van der Waals surface area contributed by atoms with E-state index in [9.17, 15) is 18.0 Å². The highest BCUT2D eigenvalue weighted by Crippen LogP contribution is 2.42. The van der Waals surface area contributed by atoms with Crippen molar-refractivity contribution in [2.45, 2.75) is 31.5 Å². The van der Waals surface area contributed by atoms with Crippen LogP contribution in [0.3, 0.4) is 0 Å². The first-order valence-corrected chi connectivity index (χ1v) is 8.18. The summed E-state index contributed by atoms with van der Waals surface area (Å²) in [5.74, 6) is 0.344. The van der Waals surface area contributed by atoms with E-state index in [0.29, 0.717) is 38.9 Å². The van der Waals surface area contributed by atoms with E-state index < -0.39 is 17.3 Å². The van der Waals surface area contributed by atoms with Crippen LogP contribution in [0, 0.1) is 5.41 Å². The van der Waals surface area contributed by atoms with Crippen molar-refractivity contribution in [3.63, 3.8) is 0 Å². The normalized spacial score (nSPS) is 24.0. The second kappa shape index (κ2) is 6.44. The maximum Gasteiger partial charge on any atom is 0.433 e. The smallest absolute Gasteiger partial charge is 0.380 e. The number of ether oxygens (including phenoxy) is 1. The van der Waals surface area contributed by atoms with Crippen LogP contribution in [-0.4, -0.2) is 60.7 Å². The zero-order valence-electron chi connectivity index (χ0n) is 14.2. The van der Waals surface area contributed by atoms with E-state index in [1.807, 2.05) is 0 Å². The van der Waals surface area contributed by atoms with E-state index in [0.717, 1.165) is 12.4 Å². The fourth-order valence-electron chi connectivity index (χ4n) is 3.80. The Morgan fingerprint density at radius 1 is 1.28 bits per heavy atom. The Morgan fingerprint density at radius 3 is 2.56 bits per heavy atom. The molecule has 138 valence electrons. The standard InChI is InChI=1S/C16H21F3N4O2/c1-22-9-11(25-2)8-15(14(22)24)3-5-23(6-4-15)13-7-12(16(17,18)19)20-10-21-13/h7,10-11H,3-6,8-9H2,1-2H3. The second-order valence-corrected chi connectivity index (χ2v) is 6.77. The fourth-order valence-corrected chi connectivity index (χ4v) is 3.80. The first-order valence-electron chi connectivity index (χ1n) is 8.18. The average molecular weight is 358 g/mol. The summed E-state index contributed by atoms with van der Waals surface area (Å²) in [6.45, 7) is 1.52. The molecule has 3 heterocycles. The van der Waals surface area contributed by atoms with Gasteiger partial charge in [0.1, 0.15) is 17.8 Å². The van der Waals surface area contributed by atoms with Crippen molar-refractivity contribution in [3.8, 4) is 0 Å². The molecule has 9 heteroatoms. The molecular weight excluding hydrogens is 337 g/mol. The minimum Gasteiger partial charge on any atom is -0.380 e. The monoisotopic (exact) mass is 358 g/mol. The number of methoxy groups -OCH3 is 1. The zero-order valence-corrected chi connectivity index (χ0v) is 14.2. The molecule has 0 saturated carbocycles. The molecule has 2 fully saturated rings. The van der Waals surface area contributed by atoms with Gasteiger partial charge < -0.3 is 14.5 Å². The van der Waals surface area contributed by atoms with Gasteiger partial charge in [0.05, 0.1) is 11.5 Å². The highest BCUT2D eigenvalue weighted by atomic mass is 19.4. The van der Waals surface area contributed by atoms with Crippen LogP contribution < -0.4 is 4.90 Å². The summed E-state index contributed by atoms with van der Waals surface area (Å²) in [4.78, 5) is 23.4. The number of carbonyl (C=O) groups excluding carboxylic acids is 1. The van der Waals surface area contributed by atoms with E-state index in [2.05, 4.69) is 9.97 Å². The van der Waals surface area contributed by atoms with E-state index in [-0.39, 0.29) is 17.8 Å². The van der Waals surface area contributed by atoms with E-state index in [1.54, 1.807) is 24.0 Å². The minimum absolute atomic E-state index is 0.00914. The van der Waals surface area contributed by atoms with Crippen molar-refractivity contribution in [2.24, 2.45) is 5.41 Å². The molecule has 0 aliphatic carbocycles. The van der Waals surface area contributed by atoms with Gasteiger partial charge in [0.15, 0.2) is 0 Å². The molecule has 1 aromatic rings. The second-order valence-electron chi connectivity index (χ2n) is 6.77.